The highest BCUT2D eigenvalue weighted by atomic mass is 16.5. The summed E-state index contributed by atoms with van der Waals surface area (Å²) in [6.45, 7) is 5.94. The number of hydrogen-bond donors (Lipinski definition) is 2. The van der Waals surface area contributed by atoms with E-state index >= 15 is 0 Å². The Morgan fingerprint density at radius 2 is 2.00 bits per heavy atom. The Labute approximate surface area is 131 Å². The Bertz CT molecular complexity index is 502. The third kappa shape index (κ3) is 5.69. The molecule has 1 heterocycles. The van der Waals surface area contributed by atoms with E-state index in [2.05, 4.69) is 15.6 Å². The number of carbonyl (C=O) groups excluding carboxylic acids is 2. The fraction of sp³-hybridized carbons (Fsp3) is 0.533. The zero-order valence-corrected chi connectivity index (χ0v) is 13.7. The molecule has 0 aliphatic carbocycles. The van der Waals surface area contributed by atoms with Gasteiger partial charge >= 0.3 is 6.03 Å². The number of ether oxygens (including phenoxy) is 1. The van der Waals surface area contributed by atoms with Gasteiger partial charge in [0.25, 0.3) is 0 Å². The normalized spacial score (nSPS) is 12.1. The number of carbonyl (C=O) groups is 2. The van der Waals surface area contributed by atoms with E-state index in [0.717, 1.165) is 5.56 Å². The van der Waals surface area contributed by atoms with E-state index in [0.29, 0.717) is 12.4 Å². The van der Waals surface area contributed by atoms with Crippen molar-refractivity contribution in [3.8, 4) is 5.88 Å². The standard InChI is InChI=1S/C15H24N4O3/c1-10(2)17-15(21)18-14(20)11(3)19(4)9-12-6-7-13(22-5)16-8-12/h6-8,10-11H,9H2,1-5H3,(H2,17,18,20,21). The number of imide groups is 1. The van der Waals surface area contributed by atoms with Crippen molar-refractivity contribution >= 4 is 11.9 Å². The van der Waals surface area contributed by atoms with Crippen LogP contribution in [0.25, 0.3) is 0 Å². The number of likely N-dealkylation sites (N-methyl/N-ethyl adjacent to an activating group) is 1. The molecular formula is C15H24N4O3. The Morgan fingerprint density at radius 1 is 1.32 bits per heavy atom. The van der Waals surface area contributed by atoms with E-state index < -0.39 is 12.1 Å². The monoisotopic (exact) mass is 308 g/mol. The van der Waals surface area contributed by atoms with Gasteiger partial charge in [-0.05, 0) is 33.4 Å². The maximum atomic E-state index is 12.0. The number of rotatable bonds is 6. The first-order chi connectivity index (χ1) is 10.3. The Balaban J connectivity index is 2.54. The highest BCUT2D eigenvalue weighted by Crippen LogP contribution is 2.10. The van der Waals surface area contributed by atoms with E-state index in [1.165, 1.54) is 0 Å². The van der Waals surface area contributed by atoms with Crippen molar-refractivity contribution < 1.29 is 14.3 Å². The van der Waals surface area contributed by atoms with Crippen LogP contribution in [0.3, 0.4) is 0 Å². The summed E-state index contributed by atoms with van der Waals surface area (Å²) >= 11 is 0. The fourth-order valence-electron chi connectivity index (χ4n) is 1.76. The molecule has 122 valence electrons. The van der Waals surface area contributed by atoms with Crippen molar-refractivity contribution in [2.24, 2.45) is 0 Å². The number of methoxy groups -OCH3 is 1. The number of nitrogens with zero attached hydrogens (tertiary/aromatic N) is 2. The molecule has 0 saturated carbocycles. The SMILES string of the molecule is COc1ccc(CN(C)C(C)C(=O)NC(=O)NC(C)C)cn1. The van der Waals surface area contributed by atoms with Gasteiger partial charge in [0.2, 0.25) is 11.8 Å². The maximum Gasteiger partial charge on any atom is 0.321 e. The van der Waals surface area contributed by atoms with Crippen molar-refractivity contribution in [1.29, 1.82) is 0 Å². The lowest BCUT2D eigenvalue weighted by molar-refractivity contribution is -0.124. The molecule has 0 saturated heterocycles. The first-order valence-corrected chi connectivity index (χ1v) is 7.14. The number of nitrogens with one attached hydrogen (secondary N) is 2. The van der Waals surface area contributed by atoms with E-state index in [1.54, 1.807) is 26.3 Å². The number of amides is 3. The summed E-state index contributed by atoms with van der Waals surface area (Å²) in [6.07, 6.45) is 1.70. The van der Waals surface area contributed by atoms with Gasteiger partial charge in [-0.3, -0.25) is 15.0 Å². The van der Waals surface area contributed by atoms with Crippen LogP contribution in [0.15, 0.2) is 18.3 Å². The average Bonchev–Trinajstić information content (AvgIpc) is 2.46. The van der Waals surface area contributed by atoms with Crippen LogP contribution >= 0.6 is 0 Å². The molecule has 1 aromatic heterocycles. The zero-order chi connectivity index (χ0) is 16.7. The van der Waals surface area contributed by atoms with Crippen LogP contribution in [0.2, 0.25) is 0 Å². The summed E-state index contributed by atoms with van der Waals surface area (Å²) in [5.41, 5.74) is 0.953. The molecule has 0 aromatic carbocycles. The molecule has 0 fully saturated rings. The molecule has 7 nitrogen and oxygen atoms in total. The van der Waals surface area contributed by atoms with Crippen molar-refractivity contribution in [3.05, 3.63) is 23.9 Å². The van der Waals surface area contributed by atoms with Gasteiger partial charge in [-0.2, -0.15) is 0 Å². The first kappa shape index (κ1) is 17.9. The van der Waals surface area contributed by atoms with Crippen LogP contribution in [0, 0.1) is 0 Å². The Kier molecular flexibility index (Phi) is 6.78. The number of hydrogen-bond acceptors (Lipinski definition) is 5. The second-order valence-corrected chi connectivity index (χ2v) is 5.42. The number of pyridine rings is 1. The van der Waals surface area contributed by atoms with Gasteiger partial charge in [-0.25, -0.2) is 9.78 Å². The van der Waals surface area contributed by atoms with Crippen molar-refractivity contribution in [1.82, 2.24) is 20.5 Å². The maximum absolute atomic E-state index is 12.0. The van der Waals surface area contributed by atoms with Crippen LogP contribution in [-0.4, -0.2) is 48.1 Å². The number of aromatic nitrogens is 1. The molecule has 2 N–H and O–H groups in total. The molecule has 1 aromatic rings. The lowest BCUT2D eigenvalue weighted by Crippen LogP contribution is -2.49. The van der Waals surface area contributed by atoms with Crippen molar-refractivity contribution in [2.45, 2.75) is 39.4 Å². The van der Waals surface area contributed by atoms with E-state index in [4.69, 9.17) is 4.74 Å². The summed E-state index contributed by atoms with van der Waals surface area (Å²) < 4.78 is 5.00. The second kappa shape index (κ2) is 8.33. The Morgan fingerprint density at radius 3 is 2.50 bits per heavy atom. The summed E-state index contributed by atoms with van der Waals surface area (Å²) in [5, 5.41) is 4.95. The van der Waals surface area contributed by atoms with Gasteiger partial charge in [0, 0.05) is 24.8 Å². The van der Waals surface area contributed by atoms with Gasteiger partial charge in [-0.1, -0.05) is 6.07 Å². The Hall–Kier alpha value is -2.15. The summed E-state index contributed by atoms with van der Waals surface area (Å²) in [4.78, 5) is 29.5. The van der Waals surface area contributed by atoms with Crippen LogP contribution in [-0.2, 0) is 11.3 Å². The molecule has 0 radical (unpaired) electrons. The molecule has 3 amide bonds. The minimum absolute atomic E-state index is 0.0220. The summed E-state index contributed by atoms with van der Waals surface area (Å²) in [7, 11) is 3.37. The van der Waals surface area contributed by atoms with Crippen LogP contribution in [0.5, 0.6) is 5.88 Å². The topological polar surface area (TPSA) is 83.6 Å². The quantitative estimate of drug-likeness (QED) is 0.823. The molecule has 1 atom stereocenters. The predicted molar refractivity (Wildman–Crippen MR) is 83.5 cm³/mol. The van der Waals surface area contributed by atoms with Crippen LogP contribution < -0.4 is 15.4 Å². The molecule has 0 aliphatic heterocycles. The second-order valence-electron chi connectivity index (χ2n) is 5.42. The third-order valence-corrected chi connectivity index (χ3v) is 3.14. The van der Waals surface area contributed by atoms with Crippen molar-refractivity contribution in [2.75, 3.05) is 14.2 Å². The molecular weight excluding hydrogens is 284 g/mol. The van der Waals surface area contributed by atoms with E-state index in [1.807, 2.05) is 31.9 Å². The minimum atomic E-state index is -0.480. The smallest absolute Gasteiger partial charge is 0.321 e. The summed E-state index contributed by atoms with van der Waals surface area (Å²) in [5.74, 6) is 0.199. The van der Waals surface area contributed by atoms with Gasteiger partial charge < -0.3 is 10.1 Å². The molecule has 0 bridgehead atoms. The molecule has 7 heteroatoms. The van der Waals surface area contributed by atoms with Gasteiger partial charge in [0.15, 0.2) is 0 Å². The zero-order valence-electron chi connectivity index (χ0n) is 13.7. The van der Waals surface area contributed by atoms with Gasteiger partial charge in [-0.15, -0.1) is 0 Å². The summed E-state index contributed by atoms with van der Waals surface area (Å²) in [6, 6.07) is 2.71. The first-order valence-electron chi connectivity index (χ1n) is 7.14. The average molecular weight is 308 g/mol. The highest BCUT2D eigenvalue weighted by Gasteiger charge is 2.20. The lowest BCUT2D eigenvalue weighted by atomic mass is 10.2. The van der Waals surface area contributed by atoms with Crippen molar-refractivity contribution in [3.63, 3.8) is 0 Å². The predicted octanol–water partition coefficient (Wildman–Crippen LogP) is 1.14. The lowest BCUT2D eigenvalue weighted by Gasteiger charge is -2.23. The fourth-order valence-corrected chi connectivity index (χ4v) is 1.76. The van der Waals surface area contributed by atoms with E-state index in [9.17, 15) is 9.59 Å². The largest absolute Gasteiger partial charge is 0.481 e. The highest BCUT2D eigenvalue weighted by molar-refractivity contribution is 5.96. The molecule has 1 rings (SSSR count). The number of urea groups is 1. The minimum Gasteiger partial charge on any atom is -0.481 e. The van der Waals surface area contributed by atoms with Gasteiger partial charge in [0.05, 0.1) is 13.2 Å². The molecule has 0 spiro atoms. The van der Waals surface area contributed by atoms with E-state index in [-0.39, 0.29) is 11.9 Å². The molecule has 0 aliphatic rings. The molecule has 22 heavy (non-hydrogen) atoms. The van der Waals surface area contributed by atoms with Gasteiger partial charge in [0.1, 0.15) is 0 Å². The molecule has 1 unspecified atom stereocenters. The third-order valence-electron chi connectivity index (χ3n) is 3.14. The van der Waals surface area contributed by atoms with Crippen LogP contribution in [0.1, 0.15) is 26.3 Å². The van der Waals surface area contributed by atoms with Crippen LogP contribution in [0.4, 0.5) is 4.79 Å².